The number of nitro benzene ring substituents is 1. The van der Waals surface area contributed by atoms with Crippen molar-refractivity contribution in [2.45, 2.75) is 18.7 Å². The molecule has 0 fully saturated rings. The third kappa shape index (κ3) is 4.33. The van der Waals surface area contributed by atoms with Gasteiger partial charge < -0.3 is 5.32 Å². The van der Waals surface area contributed by atoms with E-state index in [1.807, 2.05) is 38.1 Å². The van der Waals surface area contributed by atoms with Crippen LogP contribution in [0.3, 0.4) is 0 Å². The number of aryl methyl sites for hydroxylation is 2. The minimum Gasteiger partial charge on any atom is -0.324 e. The van der Waals surface area contributed by atoms with Crippen LogP contribution in [0, 0.1) is 35.3 Å². The van der Waals surface area contributed by atoms with Crippen molar-refractivity contribution in [3.63, 3.8) is 0 Å². The maximum Gasteiger partial charge on any atom is 0.270 e. The minimum absolute atomic E-state index is 0.0642. The van der Waals surface area contributed by atoms with Gasteiger partial charge in [0, 0.05) is 17.0 Å². The van der Waals surface area contributed by atoms with Crippen LogP contribution in [0.4, 0.5) is 11.4 Å². The molecule has 0 aliphatic carbocycles. The van der Waals surface area contributed by atoms with E-state index in [0.29, 0.717) is 0 Å². The van der Waals surface area contributed by atoms with Crippen molar-refractivity contribution in [3.05, 3.63) is 63.2 Å². The Kier molecular flexibility index (Phi) is 5.55. The van der Waals surface area contributed by atoms with E-state index < -0.39 is 4.92 Å². The Morgan fingerprint density at radius 3 is 2.71 bits per heavy atom. The predicted octanol–water partition coefficient (Wildman–Crippen LogP) is 3.81. The lowest BCUT2D eigenvalue weighted by molar-refractivity contribution is -0.384. The summed E-state index contributed by atoms with van der Waals surface area (Å²) in [5, 5.41) is 22.4. The van der Waals surface area contributed by atoms with Gasteiger partial charge in [-0.05, 0) is 31.5 Å². The Bertz CT molecular complexity index is 843. The average molecular weight is 341 g/mol. The van der Waals surface area contributed by atoms with E-state index in [-0.39, 0.29) is 28.6 Å². The number of thioether (sulfide) groups is 1. The number of carbonyl (C=O) groups excluding carboxylic acids is 1. The van der Waals surface area contributed by atoms with Crippen LogP contribution in [-0.2, 0) is 4.79 Å². The summed E-state index contributed by atoms with van der Waals surface area (Å²) in [5.74, 6) is -0.0853. The molecule has 2 aromatic rings. The number of rotatable bonds is 5. The number of non-ortho nitro benzene ring substituents is 1. The molecule has 0 heterocycles. The maximum absolute atomic E-state index is 12.1. The molecule has 0 bridgehead atoms. The molecular formula is C17H15N3O3S. The molecule has 2 rings (SSSR count). The number of anilines is 1. The van der Waals surface area contributed by atoms with Gasteiger partial charge in [0.1, 0.15) is 6.07 Å². The molecule has 6 nitrogen and oxygen atoms in total. The third-order valence-electron chi connectivity index (χ3n) is 3.31. The van der Waals surface area contributed by atoms with Crippen molar-refractivity contribution < 1.29 is 9.72 Å². The fraction of sp³-hybridized carbons (Fsp3) is 0.176. The van der Waals surface area contributed by atoms with Gasteiger partial charge in [0.15, 0.2) is 0 Å². The molecule has 0 aliphatic rings. The Morgan fingerprint density at radius 2 is 2.04 bits per heavy atom. The molecule has 0 aliphatic heterocycles. The summed E-state index contributed by atoms with van der Waals surface area (Å²) >= 11 is 1.41. The lowest BCUT2D eigenvalue weighted by atomic mass is 10.1. The normalized spacial score (nSPS) is 10.0. The molecule has 24 heavy (non-hydrogen) atoms. The standard InChI is InChI=1S/C17H15N3O3S/c1-11-3-4-12(2)16(7-11)24-10-17(21)19-15-6-5-14(20(22)23)8-13(15)9-18/h3-8H,10H2,1-2H3,(H,19,21). The Labute approximate surface area is 143 Å². The molecule has 0 unspecified atom stereocenters. The average Bonchev–Trinajstić information content (AvgIpc) is 2.55. The van der Waals surface area contributed by atoms with Crippen molar-refractivity contribution in [1.29, 1.82) is 5.26 Å². The summed E-state index contributed by atoms with van der Waals surface area (Å²) in [7, 11) is 0. The molecule has 1 N–H and O–H groups in total. The van der Waals surface area contributed by atoms with Crippen LogP contribution in [0.2, 0.25) is 0 Å². The number of nitrogens with zero attached hydrogens (tertiary/aromatic N) is 2. The number of nitriles is 1. The predicted molar refractivity (Wildman–Crippen MR) is 93.1 cm³/mol. The van der Waals surface area contributed by atoms with Gasteiger partial charge in [-0.15, -0.1) is 11.8 Å². The highest BCUT2D eigenvalue weighted by Gasteiger charge is 2.13. The van der Waals surface area contributed by atoms with E-state index in [9.17, 15) is 14.9 Å². The summed E-state index contributed by atoms with van der Waals surface area (Å²) in [6, 6.07) is 11.7. The summed E-state index contributed by atoms with van der Waals surface area (Å²) in [6.07, 6.45) is 0. The van der Waals surface area contributed by atoms with E-state index in [0.717, 1.165) is 22.1 Å². The second kappa shape index (κ2) is 7.62. The monoisotopic (exact) mass is 341 g/mol. The topological polar surface area (TPSA) is 96.0 Å². The Hall–Kier alpha value is -2.85. The molecule has 122 valence electrons. The second-order valence-electron chi connectivity index (χ2n) is 5.20. The van der Waals surface area contributed by atoms with Gasteiger partial charge in [-0.2, -0.15) is 5.26 Å². The van der Waals surface area contributed by atoms with Gasteiger partial charge in [-0.25, -0.2) is 0 Å². The van der Waals surface area contributed by atoms with Gasteiger partial charge in [0.05, 0.1) is 21.9 Å². The highest BCUT2D eigenvalue weighted by Crippen LogP contribution is 2.25. The summed E-state index contributed by atoms with van der Waals surface area (Å²) in [5.41, 5.74) is 2.36. The molecule has 2 aromatic carbocycles. The first kappa shape index (κ1) is 17.5. The van der Waals surface area contributed by atoms with Crippen molar-refractivity contribution in [2.24, 2.45) is 0 Å². The smallest absolute Gasteiger partial charge is 0.270 e. The van der Waals surface area contributed by atoms with Crippen LogP contribution in [0.5, 0.6) is 0 Å². The van der Waals surface area contributed by atoms with E-state index in [4.69, 9.17) is 5.26 Å². The van der Waals surface area contributed by atoms with Crippen molar-refractivity contribution >= 4 is 29.0 Å². The quantitative estimate of drug-likeness (QED) is 0.507. The number of hydrogen-bond acceptors (Lipinski definition) is 5. The number of nitro groups is 1. The van der Waals surface area contributed by atoms with Crippen molar-refractivity contribution in [3.8, 4) is 6.07 Å². The van der Waals surface area contributed by atoms with Crippen molar-refractivity contribution in [2.75, 3.05) is 11.1 Å². The summed E-state index contributed by atoms with van der Waals surface area (Å²) in [6.45, 7) is 3.96. The third-order valence-corrected chi connectivity index (χ3v) is 4.47. The molecule has 0 radical (unpaired) electrons. The van der Waals surface area contributed by atoms with Crippen LogP contribution < -0.4 is 5.32 Å². The lowest BCUT2D eigenvalue weighted by Gasteiger charge is -2.09. The zero-order valence-electron chi connectivity index (χ0n) is 13.2. The largest absolute Gasteiger partial charge is 0.324 e. The molecule has 7 heteroatoms. The van der Waals surface area contributed by atoms with Gasteiger partial charge >= 0.3 is 0 Å². The van der Waals surface area contributed by atoms with Crippen LogP contribution in [0.15, 0.2) is 41.3 Å². The molecule has 1 amide bonds. The lowest BCUT2D eigenvalue weighted by Crippen LogP contribution is -2.15. The number of amides is 1. The molecule has 0 atom stereocenters. The van der Waals surface area contributed by atoms with Gasteiger partial charge in [-0.1, -0.05) is 17.7 Å². The summed E-state index contributed by atoms with van der Waals surface area (Å²) in [4.78, 5) is 23.3. The second-order valence-corrected chi connectivity index (χ2v) is 6.22. The molecule has 0 saturated heterocycles. The van der Waals surface area contributed by atoms with E-state index >= 15 is 0 Å². The SMILES string of the molecule is Cc1ccc(C)c(SCC(=O)Nc2ccc([N+](=O)[O-])cc2C#N)c1. The Balaban J connectivity index is 2.06. The van der Waals surface area contributed by atoms with Crippen LogP contribution in [0.25, 0.3) is 0 Å². The van der Waals surface area contributed by atoms with Crippen LogP contribution in [0.1, 0.15) is 16.7 Å². The van der Waals surface area contributed by atoms with Gasteiger partial charge in [0.2, 0.25) is 5.91 Å². The van der Waals surface area contributed by atoms with Gasteiger partial charge in [-0.3, -0.25) is 14.9 Å². The van der Waals surface area contributed by atoms with E-state index in [2.05, 4.69) is 5.32 Å². The van der Waals surface area contributed by atoms with Gasteiger partial charge in [0.25, 0.3) is 5.69 Å². The maximum atomic E-state index is 12.1. The number of nitrogens with one attached hydrogen (secondary N) is 1. The fourth-order valence-corrected chi connectivity index (χ4v) is 2.96. The zero-order chi connectivity index (χ0) is 17.7. The first-order valence-corrected chi connectivity index (χ1v) is 8.07. The van der Waals surface area contributed by atoms with Crippen LogP contribution in [-0.4, -0.2) is 16.6 Å². The Morgan fingerprint density at radius 1 is 1.29 bits per heavy atom. The number of benzene rings is 2. The molecule has 0 spiro atoms. The molecular weight excluding hydrogens is 326 g/mol. The molecule has 0 saturated carbocycles. The number of carbonyl (C=O) groups is 1. The first-order chi connectivity index (χ1) is 11.4. The number of hydrogen-bond donors (Lipinski definition) is 1. The van der Waals surface area contributed by atoms with Crippen molar-refractivity contribution in [1.82, 2.24) is 0 Å². The van der Waals surface area contributed by atoms with E-state index in [1.54, 1.807) is 0 Å². The zero-order valence-corrected chi connectivity index (χ0v) is 14.0. The van der Waals surface area contributed by atoms with E-state index in [1.165, 1.54) is 23.9 Å². The molecule has 0 aromatic heterocycles. The highest BCUT2D eigenvalue weighted by atomic mass is 32.2. The fourth-order valence-electron chi connectivity index (χ4n) is 2.04. The highest BCUT2D eigenvalue weighted by molar-refractivity contribution is 8.00. The minimum atomic E-state index is -0.581. The van der Waals surface area contributed by atoms with Crippen LogP contribution >= 0.6 is 11.8 Å². The summed E-state index contributed by atoms with van der Waals surface area (Å²) < 4.78 is 0. The first-order valence-electron chi connectivity index (χ1n) is 7.09.